The summed E-state index contributed by atoms with van der Waals surface area (Å²) in [6, 6.07) is 28.4. The van der Waals surface area contributed by atoms with Crippen molar-refractivity contribution in [3.05, 3.63) is 78.9 Å². The van der Waals surface area contributed by atoms with Crippen LogP contribution in [0.3, 0.4) is 0 Å². The van der Waals surface area contributed by atoms with Gasteiger partial charge in [-0.25, -0.2) is 4.98 Å². The van der Waals surface area contributed by atoms with Gasteiger partial charge in [-0.05, 0) is 27.4 Å². The SMILES string of the molecule is C[Si](C)(c1nc2ccc3ccccc3c2s1)c1cccc2ccccc12. The molecule has 5 aromatic rings. The van der Waals surface area contributed by atoms with Gasteiger partial charge in [-0.2, -0.15) is 0 Å². The highest BCUT2D eigenvalue weighted by molar-refractivity contribution is 7.33. The number of hydrogen-bond donors (Lipinski definition) is 0. The van der Waals surface area contributed by atoms with Crippen molar-refractivity contribution in [2.24, 2.45) is 0 Å². The van der Waals surface area contributed by atoms with Crippen molar-refractivity contribution in [3.8, 4) is 0 Å². The molecule has 0 aliphatic carbocycles. The second-order valence-electron chi connectivity index (χ2n) is 7.31. The third-order valence-electron chi connectivity index (χ3n) is 5.28. The van der Waals surface area contributed by atoms with Crippen molar-refractivity contribution in [2.45, 2.75) is 13.1 Å². The lowest BCUT2D eigenvalue weighted by atomic mass is 10.1. The highest BCUT2D eigenvalue weighted by Gasteiger charge is 2.31. The van der Waals surface area contributed by atoms with Gasteiger partial charge in [0.15, 0.2) is 0 Å². The Hall–Kier alpha value is -2.49. The summed E-state index contributed by atoms with van der Waals surface area (Å²) >= 11 is 1.89. The molecule has 0 atom stereocenters. The second kappa shape index (κ2) is 5.76. The first-order valence-electron chi connectivity index (χ1n) is 8.91. The van der Waals surface area contributed by atoms with Crippen LogP contribution in [0.25, 0.3) is 31.8 Å². The van der Waals surface area contributed by atoms with Crippen molar-refractivity contribution in [1.29, 1.82) is 0 Å². The van der Waals surface area contributed by atoms with Gasteiger partial charge >= 0.3 is 0 Å². The molecule has 3 heteroatoms. The number of fused-ring (bicyclic) bond motifs is 4. The number of aromatic nitrogens is 1. The molecule has 0 fully saturated rings. The molecule has 1 nitrogen and oxygen atoms in total. The molecule has 0 aliphatic rings. The number of hydrogen-bond acceptors (Lipinski definition) is 2. The van der Waals surface area contributed by atoms with E-state index in [1.165, 1.54) is 36.1 Å². The van der Waals surface area contributed by atoms with E-state index in [-0.39, 0.29) is 0 Å². The Kier molecular flexibility index (Phi) is 3.49. The maximum Gasteiger partial charge on any atom is 0.149 e. The lowest BCUT2D eigenvalue weighted by molar-refractivity contribution is 1.53. The molecule has 4 aromatic carbocycles. The standard InChI is InChI=1S/C23H19NSSi/c1-26(2,21-13-7-10-16-8-3-5-11-18(16)21)23-24-20-15-14-17-9-4-6-12-19(17)22(20)25-23/h3-15H,1-2H3. The molecule has 0 saturated heterocycles. The molecule has 0 amide bonds. The summed E-state index contributed by atoms with van der Waals surface area (Å²) in [7, 11) is -1.88. The van der Waals surface area contributed by atoms with E-state index in [1.807, 2.05) is 11.3 Å². The van der Waals surface area contributed by atoms with Crippen LogP contribution in [0.5, 0.6) is 0 Å². The Bertz CT molecular complexity index is 1260. The molecule has 1 aromatic heterocycles. The average Bonchev–Trinajstić information content (AvgIpc) is 3.13. The minimum atomic E-state index is -1.88. The zero-order valence-corrected chi connectivity index (χ0v) is 16.7. The molecule has 126 valence electrons. The van der Waals surface area contributed by atoms with Gasteiger partial charge in [-0.1, -0.05) is 85.9 Å². The monoisotopic (exact) mass is 369 g/mol. The summed E-state index contributed by atoms with van der Waals surface area (Å²) < 4.78 is 2.62. The maximum absolute atomic E-state index is 5.10. The van der Waals surface area contributed by atoms with Crippen LogP contribution in [-0.4, -0.2) is 13.1 Å². The van der Waals surface area contributed by atoms with Crippen LogP contribution in [0.4, 0.5) is 0 Å². The molecule has 0 bridgehead atoms. The normalized spacial score (nSPS) is 12.2. The molecule has 0 unspecified atom stereocenters. The Morgan fingerprint density at radius 3 is 2.15 bits per heavy atom. The van der Waals surface area contributed by atoms with E-state index in [9.17, 15) is 0 Å². The zero-order chi connectivity index (χ0) is 17.7. The van der Waals surface area contributed by atoms with Gasteiger partial charge in [-0.15, -0.1) is 11.3 Å². The number of benzene rings is 4. The smallest absolute Gasteiger partial charge is 0.149 e. The van der Waals surface area contributed by atoms with Crippen LogP contribution < -0.4 is 9.82 Å². The summed E-state index contributed by atoms with van der Waals surface area (Å²) in [4.78, 5) is 5.10. The van der Waals surface area contributed by atoms with Crippen molar-refractivity contribution in [3.63, 3.8) is 0 Å². The van der Waals surface area contributed by atoms with Gasteiger partial charge in [0.25, 0.3) is 0 Å². The van der Waals surface area contributed by atoms with Crippen molar-refractivity contribution < 1.29 is 0 Å². The number of nitrogens with zero attached hydrogens (tertiary/aromatic N) is 1. The third-order valence-corrected chi connectivity index (χ3v) is 11.0. The third kappa shape index (κ3) is 2.31. The van der Waals surface area contributed by atoms with Crippen LogP contribution in [0.1, 0.15) is 0 Å². The molecule has 5 rings (SSSR count). The van der Waals surface area contributed by atoms with Crippen LogP contribution in [0.2, 0.25) is 13.1 Å². The first-order chi connectivity index (χ1) is 12.6. The Morgan fingerprint density at radius 2 is 1.35 bits per heavy atom. The van der Waals surface area contributed by atoms with E-state index >= 15 is 0 Å². The van der Waals surface area contributed by atoms with Gasteiger partial charge in [-0.3, -0.25) is 0 Å². The van der Waals surface area contributed by atoms with E-state index in [4.69, 9.17) is 4.98 Å². The fraction of sp³-hybridized carbons (Fsp3) is 0.0870. The first-order valence-corrected chi connectivity index (χ1v) is 12.7. The van der Waals surface area contributed by atoms with Crippen LogP contribution in [-0.2, 0) is 0 Å². The molecule has 0 aliphatic heterocycles. The molecular formula is C23H19NSSi. The minimum Gasteiger partial charge on any atom is -0.246 e. The molecule has 0 spiro atoms. The predicted octanol–water partition coefficient (Wildman–Crippen LogP) is 5.43. The van der Waals surface area contributed by atoms with Crippen LogP contribution >= 0.6 is 11.3 Å². The lowest BCUT2D eigenvalue weighted by Crippen LogP contribution is -2.53. The van der Waals surface area contributed by atoms with Crippen LogP contribution in [0.15, 0.2) is 78.9 Å². The minimum absolute atomic E-state index is 1.13. The number of thiazole rings is 1. The number of rotatable bonds is 2. The summed E-state index contributed by atoms with van der Waals surface area (Å²) in [6.07, 6.45) is 0. The predicted molar refractivity (Wildman–Crippen MR) is 118 cm³/mol. The largest absolute Gasteiger partial charge is 0.246 e. The summed E-state index contributed by atoms with van der Waals surface area (Å²) in [5.41, 5.74) is 1.13. The molecule has 0 radical (unpaired) electrons. The summed E-state index contributed by atoms with van der Waals surface area (Å²) in [5, 5.41) is 6.77. The van der Waals surface area contributed by atoms with Crippen molar-refractivity contribution in [1.82, 2.24) is 4.98 Å². The van der Waals surface area contributed by atoms with E-state index < -0.39 is 8.07 Å². The van der Waals surface area contributed by atoms with E-state index in [0.717, 1.165) is 5.52 Å². The van der Waals surface area contributed by atoms with Gasteiger partial charge < -0.3 is 0 Å². The fourth-order valence-corrected chi connectivity index (χ4v) is 8.36. The second-order valence-corrected chi connectivity index (χ2v) is 12.9. The Morgan fingerprint density at radius 1 is 0.692 bits per heavy atom. The maximum atomic E-state index is 5.10. The van der Waals surface area contributed by atoms with Gasteiger partial charge in [0.05, 0.1) is 14.8 Å². The topological polar surface area (TPSA) is 12.9 Å². The summed E-state index contributed by atoms with van der Waals surface area (Å²) in [5.74, 6) is 0. The van der Waals surface area contributed by atoms with Gasteiger partial charge in [0.1, 0.15) is 8.07 Å². The fourth-order valence-electron chi connectivity index (χ4n) is 3.81. The van der Waals surface area contributed by atoms with Gasteiger partial charge in [0, 0.05) is 5.39 Å². The first kappa shape index (κ1) is 15.7. The molecule has 0 N–H and O–H groups in total. The molecule has 26 heavy (non-hydrogen) atoms. The zero-order valence-electron chi connectivity index (χ0n) is 14.9. The van der Waals surface area contributed by atoms with E-state index in [1.54, 1.807) is 0 Å². The lowest BCUT2D eigenvalue weighted by Gasteiger charge is -2.22. The van der Waals surface area contributed by atoms with Crippen LogP contribution in [0, 0.1) is 0 Å². The average molecular weight is 370 g/mol. The van der Waals surface area contributed by atoms with Gasteiger partial charge in [0.2, 0.25) is 0 Å². The van der Waals surface area contributed by atoms with Crippen molar-refractivity contribution in [2.75, 3.05) is 0 Å². The Labute approximate surface area is 158 Å². The van der Waals surface area contributed by atoms with E-state index in [0.29, 0.717) is 0 Å². The van der Waals surface area contributed by atoms with E-state index in [2.05, 4.69) is 92.0 Å². The quantitative estimate of drug-likeness (QED) is 0.378. The molecule has 0 saturated carbocycles. The Balaban J connectivity index is 1.76. The summed E-state index contributed by atoms with van der Waals surface area (Å²) in [6.45, 7) is 4.85. The van der Waals surface area contributed by atoms with Crippen molar-refractivity contribution >= 4 is 61.0 Å². The molecular weight excluding hydrogens is 350 g/mol. The highest BCUT2D eigenvalue weighted by atomic mass is 32.1. The molecule has 1 heterocycles. The highest BCUT2D eigenvalue weighted by Crippen LogP contribution is 2.28.